The van der Waals surface area contributed by atoms with E-state index < -0.39 is 0 Å². The van der Waals surface area contributed by atoms with Crippen LogP contribution in [0.4, 0.5) is 0 Å². The number of para-hydroxylation sites is 2. The number of benzene rings is 3. The second kappa shape index (κ2) is 12.0. The van der Waals surface area contributed by atoms with Crippen LogP contribution in [0.2, 0.25) is 0 Å². The summed E-state index contributed by atoms with van der Waals surface area (Å²) in [7, 11) is 0. The number of thioether (sulfide) groups is 1. The lowest BCUT2D eigenvalue weighted by Crippen LogP contribution is -2.38. The fourth-order valence-corrected chi connectivity index (χ4v) is 6.20. The third-order valence-corrected chi connectivity index (χ3v) is 8.97. The van der Waals surface area contributed by atoms with Crippen LogP contribution in [0.15, 0.2) is 77.7 Å². The van der Waals surface area contributed by atoms with Gasteiger partial charge in [-0.15, -0.1) is 11.8 Å². The molecule has 3 aromatic carbocycles. The SMILES string of the molecule is CSc1ccc(C(=O)N(CC2CC2)C(Cc2ccccc2CN2CCCCC2)c2nc3ccccc3[nH]2)cc1. The Bertz CT molecular complexity index is 1370. The Morgan fingerprint density at radius 1 is 0.974 bits per heavy atom. The van der Waals surface area contributed by atoms with Crippen LogP contribution in [0.1, 0.15) is 65.5 Å². The van der Waals surface area contributed by atoms with Crippen molar-refractivity contribution in [3.05, 3.63) is 95.3 Å². The Labute approximate surface area is 236 Å². The lowest BCUT2D eigenvalue weighted by atomic mass is 9.97. The summed E-state index contributed by atoms with van der Waals surface area (Å²) in [6.45, 7) is 4.06. The molecule has 6 heteroatoms. The molecule has 1 unspecified atom stereocenters. The van der Waals surface area contributed by atoms with Gasteiger partial charge in [0, 0.05) is 30.0 Å². The minimum Gasteiger partial charge on any atom is -0.340 e. The van der Waals surface area contributed by atoms with Gasteiger partial charge in [0.15, 0.2) is 0 Å². The first-order valence-corrected chi connectivity index (χ1v) is 15.6. The Balaban J connectivity index is 1.38. The molecule has 1 saturated heterocycles. The van der Waals surface area contributed by atoms with Crippen molar-refractivity contribution < 1.29 is 4.79 Å². The minimum absolute atomic E-state index is 0.0912. The number of hydrogen-bond donors (Lipinski definition) is 1. The van der Waals surface area contributed by atoms with E-state index in [1.807, 2.05) is 30.3 Å². The van der Waals surface area contributed by atoms with E-state index in [2.05, 4.69) is 63.5 Å². The highest BCUT2D eigenvalue weighted by molar-refractivity contribution is 7.98. The van der Waals surface area contributed by atoms with Gasteiger partial charge in [-0.05, 0) is 98.5 Å². The first kappa shape index (κ1) is 26.1. The highest BCUT2D eigenvalue weighted by Crippen LogP contribution is 2.36. The molecule has 1 amide bonds. The maximum Gasteiger partial charge on any atom is 0.254 e. The lowest BCUT2D eigenvalue weighted by molar-refractivity contribution is 0.0655. The predicted octanol–water partition coefficient (Wildman–Crippen LogP) is 7.11. The summed E-state index contributed by atoms with van der Waals surface area (Å²) in [6, 6.07) is 24.9. The van der Waals surface area contributed by atoms with Gasteiger partial charge in [0.2, 0.25) is 0 Å². The van der Waals surface area contributed by atoms with Crippen LogP contribution >= 0.6 is 11.8 Å². The van der Waals surface area contributed by atoms with Gasteiger partial charge in [-0.3, -0.25) is 9.69 Å². The molecule has 0 spiro atoms. The summed E-state index contributed by atoms with van der Waals surface area (Å²) in [5, 5.41) is 0. The van der Waals surface area contributed by atoms with E-state index in [0.29, 0.717) is 5.92 Å². The summed E-state index contributed by atoms with van der Waals surface area (Å²) in [6.07, 6.45) is 9.08. The van der Waals surface area contributed by atoms with Crippen molar-refractivity contribution in [2.75, 3.05) is 25.9 Å². The van der Waals surface area contributed by atoms with E-state index in [9.17, 15) is 4.79 Å². The Kier molecular flexibility index (Phi) is 8.03. The number of hydrogen-bond acceptors (Lipinski definition) is 4. The first-order chi connectivity index (χ1) is 19.2. The van der Waals surface area contributed by atoms with Crippen LogP contribution in [0.25, 0.3) is 11.0 Å². The van der Waals surface area contributed by atoms with E-state index in [4.69, 9.17) is 4.98 Å². The molecule has 0 radical (unpaired) electrons. The second-order valence-corrected chi connectivity index (χ2v) is 12.0. The lowest BCUT2D eigenvalue weighted by Gasteiger charge is -2.32. The zero-order chi connectivity index (χ0) is 26.6. The largest absolute Gasteiger partial charge is 0.340 e. The third-order valence-electron chi connectivity index (χ3n) is 8.22. The fraction of sp³-hybridized carbons (Fsp3) is 0.394. The van der Waals surface area contributed by atoms with E-state index in [0.717, 1.165) is 41.9 Å². The number of nitrogens with zero attached hydrogens (tertiary/aromatic N) is 3. The summed E-state index contributed by atoms with van der Waals surface area (Å²) in [5.41, 5.74) is 5.38. The standard InChI is InChI=1S/C33H38N4OS/c1-39-28-17-15-25(16-18-28)33(38)37(22-24-13-14-24)31(32-34-29-11-5-6-12-30(29)35-32)21-26-9-3-4-10-27(26)23-36-19-7-2-8-20-36/h3-6,9-12,15-18,24,31H,2,7-8,13-14,19-23H2,1H3,(H,34,35). The number of amides is 1. The van der Waals surface area contributed by atoms with Crippen LogP contribution < -0.4 is 0 Å². The van der Waals surface area contributed by atoms with E-state index in [-0.39, 0.29) is 11.9 Å². The Hall–Kier alpha value is -3.09. The van der Waals surface area contributed by atoms with Crippen molar-refractivity contribution in [1.29, 1.82) is 0 Å². The number of fused-ring (bicyclic) bond motifs is 1. The molecule has 0 bridgehead atoms. The number of nitrogens with one attached hydrogen (secondary N) is 1. The van der Waals surface area contributed by atoms with Crippen LogP contribution in [0.3, 0.4) is 0 Å². The number of H-pyrrole nitrogens is 1. The van der Waals surface area contributed by atoms with Gasteiger partial charge < -0.3 is 9.88 Å². The van der Waals surface area contributed by atoms with Gasteiger partial charge >= 0.3 is 0 Å². The molecule has 1 aliphatic heterocycles. The fourth-order valence-electron chi connectivity index (χ4n) is 5.79. The maximum absolute atomic E-state index is 14.2. The van der Waals surface area contributed by atoms with Gasteiger partial charge in [0.05, 0.1) is 17.1 Å². The molecule has 2 heterocycles. The maximum atomic E-state index is 14.2. The number of aromatic amines is 1. The van der Waals surface area contributed by atoms with Crippen molar-refractivity contribution in [3.8, 4) is 0 Å². The van der Waals surface area contributed by atoms with Gasteiger partial charge in [-0.2, -0.15) is 0 Å². The van der Waals surface area contributed by atoms with Gasteiger partial charge in [-0.1, -0.05) is 42.8 Å². The average Bonchev–Trinajstić information content (AvgIpc) is 3.71. The van der Waals surface area contributed by atoms with E-state index >= 15 is 0 Å². The van der Waals surface area contributed by atoms with Crippen molar-refractivity contribution in [2.24, 2.45) is 5.92 Å². The zero-order valence-electron chi connectivity index (χ0n) is 22.8. The average molecular weight is 539 g/mol. The Morgan fingerprint density at radius 3 is 2.41 bits per heavy atom. The van der Waals surface area contributed by atoms with Gasteiger partial charge in [-0.25, -0.2) is 4.98 Å². The topological polar surface area (TPSA) is 52.2 Å². The molecule has 1 aromatic heterocycles. The number of piperidine rings is 1. The minimum atomic E-state index is -0.173. The first-order valence-electron chi connectivity index (χ1n) is 14.4. The van der Waals surface area contributed by atoms with Crippen LogP contribution in [0, 0.1) is 5.92 Å². The van der Waals surface area contributed by atoms with Crippen molar-refractivity contribution in [1.82, 2.24) is 19.8 Å². The zero-order valence-corrected chi connectivity index (χ0v) is 23.6. The second-order valence-electron chi connectivity index (χ2n) is 11.1. The third kappa shape index (κ3) is 6.23. The smallest absolute Gasteiger partial charge is 0.254 e. The number of rotatable bonds is 10. The summed E-state index contributed by atoms with van der Waals surface area (Å²) in [4.78, 5) is 28.7. The molecule has 2 fully saturated rings. The van der Waals surface area contributed by atoms with Gasteiger partial charge in [0.1, 0.15) is 5.82 Å². The summed E-state index contributed by atoms with van der Waals surface area (Å²) in [5.74, 6) is 1.53. The summed E-state index contributed by atoms with van der Waals surface area (Å²) < 4.78 is 0. The molecule has 202 valence electrons. The molecule has 2 aliphatic rings. The molecule has 1 atom stereocenters. The van der Waals surface area contributed by atoms with Crippen molar-refractivity contribution in [3.63, 3.8) is 0 Å². The number of carbonyl (C=O) groups excluding carboxylic acids is 1. The number of likely N-dealkylation sites (tertiary alicyclic amines) is 1. The van der Waals surface area contributed by atoms with Crippen LogP contribution in [-0.2, 0) is 13.0 Å². The molecule has 1 aliphatic carbocycles. The van der Waals surface area contributed by atoms with E-state index in [1.165, 1.54) is 61.2 Å². The highest BCUT2D eigenvalue weighted by atomic mass is 32.2. The highest BCUT2D eigenvalue weighted by Gasteiger charge is 2.34. The number of imidazole rings is 1. The summed E-state index contributed by atoms with van der Waals surface area (Å²) >= 11 is 1.70. The van der Waals surface area contributed by atoms with Gasteiger partial charge in [0.25, 0.3) is 5.91 Å². The quantitative estimate of drug-likeness (QED) is 0.219. The number of carbonyl (C=O) groups is 1. The van der Waals surface area contributed by atoms with Crippen molar-refractivity contribution in [2.45, 2.75) is 56.0 Å². The van der Waals surface area contributed by atoms with E-state index in [1.54, 1.807) is 11.8 Å². The normalized spacial score (nSPS) is 16.8. The van der Waals surface area contributed by atoms with Crippen LogP contribution in [-0.4, -0.2) is 51.6 Å². The molecule has 1 saturated carbocycles. The molecule has 4 aromatic rings. The molecule has 39 heavy (non-hydrogen) atoms. The monoisotopic (exact) mass is 538 g/mol. The predicted molar refractivity (Wildman–Crippen MR) is 160 cm³/mol. The molecular weight excluding hydrogens is 500 g/mol. The number of aromatic nitrogens is 2. The Morgan fingerprint density at radius 2 is 1.69 bits per heavy atom. The van der Waals surface area contributed by atoms with Crippen LogP contribution in [0.5, 0.6) is 0 Å². The molecule has 1 N–H and O–H groups in total. The molecule has 5 nitrogen and oxygen atoms in total. The molecule has 6 rings (SSSR count). The van der Waals surface area contributed by atoms with Crippen molar-refractivity contribution >= 4 is 28.7 Å². The molecular formula is C33H38N4OS.